The van der Waals surface area contributed by atoms with Gasteiger partial charge in [-0.1, -0.05) is 51.9 Å². The highest BCUT2D eigenvalue weighted by molar-refractivity contribution is 5.57. The quantitative estimate of drug-likeness (QED) is 0.269. The van der Waals surface area contributed by atoms with Gasteiger partial charge in [-0.3, -0.25) is 0 Å². The zero-order chi connectivity index (χ0) is 22.5. The van der Waals surface area contributed by atoms with Crippen LogP contribution in [0, 0.1) is 11.6 Å². The van der Waals surface area contributed by atoms with Crippen LogP contribution in [-0.2, 0) is 6.42 Å². The van der Waals surface area contributed by atoms with Crippen molar-refractivity contribution < 1.29 is 17.9 Å². The fourth-order valence-electron chi connectivity index (χ4n) is 3.44. The molecule has 2 aromatic rings. The fourth-order valence-corrected chi connectivity index (χ4v) is 3.44. The molecule has 1 atom stereocenters. The molecule has 0 saturated carbocycles. The Labute approximate surface area is 184 Å². The van der Waals surface area contributed by atoms with E-state index >= 15 is 0 Å². The van der Waals surface area contributed by atoms with Crippen LogP contribution in [0.4, 0.5) is 13.2 Å². The number of nitrogens with zero attached hydrogens (tertiary/aromatic N) is 2. The van der Waals surface area contributed by atoms with Crippen molar-refractivity contribution in [1.82, 2.24) is 9.97 Å². The second-order valence-electron chi connectivity index (χ2n) is 8.15. The highest BCUT2D eigenvalue weighted by atomic mass is 19.2. The Balaban J connectivity index is 1.82. The summed E-state index contributed by atoms with van der Waals surface area (Å²) in [5, 5.41) is 0. The number of benzene rings is 1. The Morgan fingerprint density at radius 2 is 1.52 bits per heavy atom. The van der Waals surface area contributed by atoms with Crippen molar-refractivity contribution in [1.29, 1.82) is 0 Å². The molecule has 31 heavy (non-hydrogen) atoms. The van der Waals surface area contributed by atoms with Crippen LogP contribution in [0.2, 0.25) is 0 Å². The van der Waals surface area contributed by atoms with Crippen LogP contribution in [0.25, 0.3) is 11.4 Å². The van der Waals surface area contributed by atoms with E-state index in [1.807, 2.05) is 0 Å². The van der Waals surface area contributed by atoms with Crippen molar-refractivity contribution in [3.63, 3.8) is 0 Å². The Hall–Kier alpha value is -2.11. The number of halogens is 3. The summed E-state index contributed by atoms with van der Waals surface area (Å²) in [6.07, 6.45) is 13.4. The molecule has 0 aliphatic rings. The normalized spacial score (nSPS) is 12.2. The molecule has 1 aromatic carbocycles. The molecule has 0 amide bonds. The van der Waals surface area contributed by atoms with Crippen LogP contribution in [0.15, 0.2) is 24.5 Å². The first kappa shape index (κ1) is 25.2. The predicted octanol–water partition coefficient (Wildman–Crippen LogP) is 7.62. The van der Waals surface area contributed by atoms with Gasteiger partial charge >= 0.3 is 0 Å². The van der Waals surface area contributed by atoms with Crippen molar-refractivity contribution >= 4 is 0 Å². The summed E-state index contributed by atoms with van der Waals surface area (Å²) in [6, 6.07) is 2.87. The molecule has 172 valence electrons. The molecule has 0 saturated heterocycles. The lowest BCUT2D eigenvalue weighted by Crippen LogP contribution is -2.03. The SMILES string of the molecule is CCCCCCCCCCOc1ccc(-c2ncc(CCCC(C)F)cn2)c(F)c1F. The summed E-state index contributed by atoms with van der Waals surface area (Å²) in [6.45, 7) is 4.10. The van der Waals surface area contributed by atoms with Crippen LogP contribution in [0.5, 0.6) is 5.75 Å². The van der Waals surface area contributed by atoms with E-state index in [0.29, 0.717) is 25.9 Å². The second kappa shape index (κ2) is 14.0. The number of unbranched alkanes of at least 4 members (excludes halogenated alkanes) is 7. The standard InChI is InChI=1S/C25H35F3N2O/c1-3-4-5-6-7-8-9-10-16-31-22-15-14-21(23(27)24(22)28)25-29-17-20(18-30-25)13-11-12-19(2)26/h14-15,17-19H,3-13,16H2,1-2H3. The minimum Gasteiger partial charge on any atom is -0.490 e. The van der Waals surface area contributed by atoms with Gasteiger partial charge in [-0.15, -0.1) is 0 Å². The van der Waals surface area contributed by atoms with Crippen LogP contribution in [0.1, 0.15) is 83.6 Å². The number of hydrogen-bond donors (Lipinski definition) is 0. The molecule has 1 unspecified atom stereocenters. The Bertz CT molecular complexity index is 766. The third kappa shape index (κ3) is 8.88. The Kier molecular flexibility index (Phi) is 11.4. The molecule has 0 radical (unpaired) electrons. The Morgan fingerprint density at radius 3 is 2.16 bits per heavy atom. The highest BCUT2D eigenvalue weighted by Gasteiger charge is 2.17. The molecule has 0 aliphatic heterocycles. The van der Waals surface area contributed by atoms with Gasteiger partial charge in [0, 0.05) is 12.4 Å². The van der Waals surface area contributed by atoms with Crippen LogP contribution >= 0.6 is 0 Å². The minimum absolute atomic E-state index is 0.000796. The van der Waals surface area contributed by atoms with E-state index in [0.717, 1.165) is 24.8 Å². The van der Waals surface area contributed by atoms with Crippen LogP contribution in [-0.4, -0.2) is 22.7 Å². The minimum atomic E-state index is -1.01. The molecule has 2 rings (SSSR count). The smallest absolute Gasteiger partial charge is 0.201 e. The summed E-state index contributed by atoms with van der Waals surface area (Å²) in [5.74, 6) is -1.98. The van der Waals surface area contributed by atoms with E-state index in [-0.39, 0.29) is 17.1 Å². The van der Waals surface area contributed by atoms with Gasteiger partial charge in [0.25, 0.3) is 0 Å². The predicted molar refractivity (Wildman–Crippen MR) is 119 cm³/mol. The van der Waals surface area contributed by atoms with Crippen molar-refractivity contribution in [2.24, 2.45) is 0 Å². The van der Waals surface area contributed by atoms with E-state index < -0.39 is 17.8 Å². The van der Waals surface area contributed by atoms with Gasteiger partial charge in [0.1, 0.15) is 0 Å². The largest absolute Gasteiger partial charge is 0.490 e. The van der Waals surface area contributed by atoms with Gasteiger partial charge in [-0.05, 0) is 50.3 Å². The number of ether oxygens (including phenoxy) is 1. The summed E-state index contributed by atoms with van der Waals surface area (Å²) in [5.41, 5.74) is 0.844. The summed E-state index contributed by atoms with van der Waals surface area (Å²) in [7, 11) is 0. The summed E-state index contributed by atoms with van der Waals surface area (Å²) >= 11 is 0. The van der Waals surface area contributed by atoms with E-state index in [4.69, 9.17) is 4.74 Å². The zero-order valence-electron chi connectivity index (χ0n) is 18.8. The zero-order valence-corrected chi connectivity index (χ0v) is 18.8. The van der Waals surface area contributed by atoms with Crippen molar-refractivity contribution in [2.75, 3.05) is 6.61 Å². The monoisotopic (exact) mass is 436 g/mol. The first-order valence-electron chi connectivity index (χ1n) is 11.6. The van der Waals surface area contributed by atoms with Crippen molar-refractivity contribution in [2.45, 2.75) is 90.6 Å². The first-order valence-corrected chi connectivity index (χ1v) is 11.6. The number of alkyl halides is 1. The van der Waals surface area contributed by atoms with E-state index in [2.05, 4.69) is 16.9 Å². The lowest BCUT2D eigenvalue weighted by molar-refractivity contribution is 0.285. The van der Waals surface area contributed by atoms with Crippen molar-refractivity contribution in [3.8, 4) is 17.1 Å². The van der Waals surface area contributed by atoms with Crippen LogP contribution in [0.3, 0.4) is 0 Å². The fraction of sp³-hybridized carbons (Fsp3) is 0.600. The van der Waals surface area contributed by atoms with Gasteiger partial charge in [0.05, 0.1) is 18.3 Å². The van der Waals surface area contributed by atoms with Gasteiger partial charge < -0.3 is 4.74 Å². The van der Waals surface area contributed by atoms with E-state index in [9.17, 15) is 13.2 Å². The van der Waals surface area contributed by atoms with E-state index in [1.165, 1.54) is 51.2 Å². The molecule has 0 N–H and O–H groups in total. The van der Waals surface area contributed by atoms with Crippen molar-refractivity contribution in [3.05, 3.63) is 41.7 Å². The highest BCUT2D eigenvalue weighted by Crippen LogP contribution is 2.28. The molecule has 3 nitrogen and oxygen atoms in total. The molecule has 1 aromatic heterocycles. The molecule has 1 heterocycles. The van der Waals surface area contributed by atoms with E-state index in [1.54, 1.807) is 12.4 Å². The third-order valence-electron chi connectivity index (χ3n) is 5.32. The number of aromatic nitrogens is 2. The summed E-state index contributed by atoms with van der Waals surface area (Å²) in [4.78, 5) is 8.30. The molecule has 0 bridgehead atoms. The average Bonchev–Trinajstić information content (AvgIpc) is 2.76. The second-order valence-corrected chi connectivity index (χ2v) is 8.15. The number of rotatable bonds is 15. The molecule has 6 heteroatoms. The Morgan fingerprint density at radius 1 is 0.871 bits per heavy atom. The first-order chi connectivity index (χ1) is 15.0. The lowest BCUT2D eigenvalue weighted by atomic mass is 10.1. The van der Waals surface area contributed by atoms with Gasteiger partial charge in [-0.25, -0.2) is 18.7 Å². The molecule has 0 aliphatic carbocycles. The third-order valence-corrected chi connectivity index (χ3v) is 5.32. The maximum absolute atomic E-state index is 14.5. The number of aryl methyl sites for hydroxylation is 1. The molecular formula is C25H35F3N2O. The average molecular weight is 437 g/mol. The maximum atomic E-state index is 14.5. The maximum Gasteiger partial charge on any atom is 0.201 e. The molecule has 0 fully saturated rings. The molecule has 0 spiro atoms. The van der Waals surface area contributed by atoms with Gasteiger partial charge in [-0.2, -0.15) is 4.39 Å². The summed E-state index contributed by atoms with van der Waals surface area (Å²) < 4.78 is 47.3. The van der Waals surface area contributed by atoms with Crippen LogP contribution < -0.4 is 4.74 Å². The van der Waals surface area contributed by atoms with Gasteiger partial charge in [0.2, 0.25) is 5.82 Å². The van der Waals surface area contributed by atoms with Gasteiger partial charge in [0.15, 0.2) is 17.4 Å². The topological polar surface area (TPSA) is 35.0 Å². The molecular weight excluding hydrogens is 401 g/mol. The number of hydrogen-bond acceptors (Lipinski definition) is 3. The lowest BCUT2D eigenvalue weighted by Gasteiger charge is -2.10.